The van der Waals surface area contributed by atoms with Crippen molar-refractivity contribution < 1.29 is 4.39 Å². The number of hydrogen-bond donors (Lipinski definition) is 1. The molecule has 2 aromatic rings. The molecule has 1 unspecified atom stereocenters. The van der Waals surface area contributed by atoms with Crippen LogP contribution in [-0.2, 0) is 0 Å². The van der Waals surface area contributed by atoms with Crippen LogP contribution in [0.3, 0.4) is 0 Å². The van der Waals surface area contributed by atoms with E-state index in [0.717, 1.165) is 8.95 Å². The Bertz CT molecular complexity index is 584. The Balaban J connectivity index is 2.10. The fourth-order valence-corrected chi connectivity index (χ4v) is 2.76. The molecular weight excluding hydrogens is 385 g/mol. The van der Waals surface area contributed by atoms with Gasteiger partial charge in [-0.1, -0.05) is 50.1 Å². The molecule has 0 aliphatic rings. The lowest BCUT2D eigenvalue weighted by atomic mass is 10.0. The first-order chi connectivity index (χ1) is 9.47. The predicted molar refractivity (Wildman–Crippen MR) is 88.2 cm³/mol. The van der Waals surface area contributed by atoms with Crippen molar-refractivity contribution >= 4 is 31.9 Å². The van der Waals surface area contributed by atoms with Crippen molar-refractivity contribution in [3.05, 3.63) is 68.4 Å². The summed E-state index contributed by atoms with van der Waals surface area (Å²) in [7, 11) is 0. The minimum Gasteiger partial charge on any atom is -0.304 e. The van der Waals surface area contributed by atoms with Gasteiger partial charge in [-0.25, -0.2) is 4.39 Å². The molecule has 1 nitrogen and oxygen atoms in total. The molecule has 0 radical (unpaired) electrons. The van der Waals surface area contributed by atoms with E-state index in [-0.39, 0.29) is 17.9 Å². The van der Waals surface area contributed by atoms with Crippen molar-refractivity contribution in [2.75, 3.05) is 0 Å². The van der Waals surface area contributed by atoms with Crippen LogP contribution >= 0.6 is 31.9 Å². The highest BCUT2D eigenvalue weighted by atomic mass is 79.9. The number of nitrogens with one attached hydrogen (secondary N) is 1. The molecule has 0 saturated carbocycles. The smallest absolute Gasteiger partial charge is 0.129 e. The van der Waals surface area contributed by atoms with Gasteiger partial charge in [0.05, 0.1) is 0 Å². The minimum absolute atomic E-state index is 0.0539. The third-order valence-electron chi connectivity index (χ3n) is 3.30. The van der Waals surface area contributed by atoms with Gasteiger partial charge in [-0.3, -0.25) is 0 Å². The second-order valence-corrected chi connectivity index (χ2v) is 6.66. The largest absolute Gasteiger partial charge is 0.304 e. The zero-order chi connectivity index (χ0) is 14.7. The molecule has 0 amide bonds. The van der Waals surface area contributed by atoms with Crippen molar-refractivity contribution in [2.45, 2.75) is 25.9 Å². The molecule has 106 valence electrons. The van der Waals surface area contributed by atoms with E-state index in [1.54, 1.807) is 0 Å². The molecule has 0 saturated heterocycles. The van der Waals surface area contributed by atoms with Crippen molar-refractivity contribution in [2.24, 2.45) is 0 Å². The molecule has 0 aliphatic carbocycles. The Kier molecular flexibility index (Phi) is 5.35. The third-order valence-corrected chi connectivity index (χ3v) is 4.32. The summed E-state index contributed by atoms with van der Waals surface area (Å²) in [5, 5.41) is 3.42. The van der Waals surface area contributed by atoms with Crippen LogP contribution in [0.2, 0.25) is 0 Å². The molecule has 0 heterocycles. The lowest BCUT2D eigenvalue weighted by molar-refractivity contribution is 0.474. The molecule has 20 heavy (non-hydrogen) atoms. The molecule has 0 fully saturated rings. The van der Waals surface area contributed by atoms with Gasteiger partial charge in [-0.15, -0.1) is 0 Å². The minimum atomic E-state index is -0.192. The van der Waals surface area contributed by atoms with Crippen LogP contribution in [-0.4, -0.2) is 0 Å². The summed E-state index contributed by atoms with van der Waals surface area (Å²) in [4.78, 5) is 0. The second-order valence-electron chi connectivity index (χ2n) is 4.83. The molecule has 2 atom stereocenters. The van der Waals surface area contributed by atoms with Crippen LogP contribution in [0.15, 0.2) is 51.4 Å². The first kappa shape index (κ1) is 15.7. The predicted octanol–water partition coefficient (Wildman–Crippen LogP) is 5.76. The number of rotatable bonds is 4. The fraction of sp³-hybridized carbons (Fsp3) is 0.250. The van der Waals surface area contributed by atoms with E-state index in [1.807, 2.05) is 31.2 Å². The number of benzene rings is 2. The SMILES string of the molecule is CC(N[C@H](C)c1ccc(Br)cc1)c1ccc(Br)cc1F. The standard InChI is InChI=1S/C16H16Br2FN/c1-10(12-3-5-13(17)6-4-12)20-11(2)15-8-7-14(18)9-16(15)19/h3-11,20H,1-2H3/t10-,11?/m1/s1. The maximum absolute atomic E-state index is 13.9. The van der Waals surface area contributed by atoms with E-state index in [2.05, 4.69) is 56.2 Å². The van der Waals surface area contributed by atoms with Crippen molar-refractivity contribution in [3.63, 3.8) is 0 Å². The van der Waals surface area contributed by atoms with Crippen molar-refractivity contribution in [3.8, 4) is 0 Å². The summed E-state index contributed by atoms with van der Waals surface area (Å²) in [6.07, 6.45) is 0. The molecule has 0 aliphatic heterocycles. The topological polar surface area (TPSA) is 12.0 Å². The summed E-state index contributed by atoms with van der Waals surface area (Å²) in [6.45, 7) is 4.05. The van der Waals surface area contributed by atoms with Gasteiger partial charge in [0.1, 0.15) is 5.82 Å². The quantitative estimate of drug-likeness (QED) is 0.687. The Morgan fingerprint density at radius 3 is 2.10 bits per heavy atom. The van der Waals surface area contributed by atoms with Gasteiger partial charge in [0, 0.05) is 26.6 Å². The average molecular weight is 401 g/mol. The zero-order valence-corrected chi connectivity index (χ0v) is 14.5. The maximum Gasteiger partial charge on any atom is 0.129 e. The Morgan fingerprint density at radius 2 is 1.50 bits per heavy atom. The van der Waals surface area contributed by atoms with Gasteiger partial charge in [-0.2, -0.15) is 0 Å². The van der Waals surface area contributed by atoms with E-state index >= 15 is 0 Å². The summed E-state index contributed by atoms with van der Waals surface area (Å²) in [5.41, 5.74) is 1.86. The normalized spacial score (nSPS) is 14.1. The van der Waals surface area contributed by atoms with Gasteiger partial charge in [-0.05, 0) is 43.7 Å². The average Bonchev–Trinajstić information content (AvgIpc) is 2.39. The molecule has 1 N–H and O–H groups in total. The summed E-state index contributed by atoms with van der Waals surface area (Å²) in [6, 6.07) is 13.4. The molecule has 0 aromatic heterocycles. The van der Waals surface area contributed by atoms with Gasteiger partial charge in [0.25, 0.3) is 0 Å². The molecule has 2 rings (SSSR count). The molecule has 0 bridgehead atoms. The van der Waals surface area contributed by atoms with Crippen LogP contribution in [0.5, 0.6) is 0 Å². The van der Waals surface area contributed by atoms with E-state index in [4.69, 9.17) is 0 Å². The first-order valence-corrected chi connectivity index (χ1v) is 8.02. The van der Waals surface area contributed by atoms with Gasteiger partial charge >= 0.3 is 0 Å². The van der Waals surface area contributed by atoms with Gasteiger partial charge in [0.15, 0.2) is 0 Å². The number of halogens is 3. The Hall–Kier alpha value is -0.710. The summed E-state index contributed by atoms with van der Waals surface area (Å²) < 4.78 is 15.7. The Morgan fingerprint density at radius 1 is 0.900 bits per heavy atom. The first-order valence-electron chi connectivity index (χ1n) is 6.44. The second kappa shape index (κ2) is 6.83. The van der Waals surface area contributed by atoms with E-state index < -0.39 is 0 Å². The monoisotopic (exact) mass is 399 g/mol. The maximum atomic E-state index is 13.9. The van der Waals surface area contributed by atoms with Crippen LogP contribution in [0.25, 0.3) is 0 Å². The van der Waals surface area contributed by atoms with E-state index in [9.17, 15) is 4.39 Å². The van der Waals surface area contributed by atoms with Crippen molar-refractivity contribution in [1.82, 2.24) is 5.32 Å². The lowest BCUT2D eigenvalue weighted by Crippen LogP contribution is -2.23. The van der Waals surface area contributed by atoms with Crippen LogP contribution in [0, 0.1) is 5.82 Å². The molecule has 4 heteroatoms. The Labute approximate surface area is 135 Å². The van der Waals surface area contributed by atoms with Crippen LogP contribution in [0.1, 0.15) is 37.1 Å². The number of hydrogen-bond acceptors (Lipinski definition) is 1. The molecule has 0 spiro atoms. The highest BCUT2D eigenvalue weighted by molar-refractivity contribution is 9.10. The van der Waals surface area contributed by atoms with Crippen LogP contribution in [0.4, 0.5) is 4.39 Å². The van der Waals surface area contributed by atoms with Crippen molar-refractivity contribution in [1.29, 1.82) is 0 Å². The fourth-order valence-electron chi connectivity index (χ4n) is 2.17. The summed E-state index contributed by atoms with van der Waals surface area (Å²) >= 11 is 6.70. The van der Waals surface area contributed by atoms with E-state index in [0.29, 0.717) is 5.56 Å². The van der Waals surface area contributed by atoms with Gasteiger partial charge in [0.2, 0.25) is 0 Å². The highest BCUT2D eigenvalue weighted by Crippen LogP contribution is 2.24. The highest BCUT2D eigenvalue weighted by Gasteiger charge is 2.14. The molecule has 2 aromatic carbocycles. The zero-order valence-electron chi connectivity index (χ0n) is 11.3. The summed E-state index contributed by atoms with van der Waals surface area (Å²) in [5.74, 6) is -0.192. The van der Waals surface area contributed by atoms with Crippen LogP contribution < -0.4 is 5.32 Å². The van der Waals surface area contributed by atoms with E-state index in [1.165, 1.54) is 11.6 Å². The lowest BCUT2D eigenvalue weighted by Gasteiger charge is -2.21. The van der Waals surface area contributed by atoms with Gasteiger partial charge < -0.3 is 5.32 Å². The molecular formula is C16H16Br2FN. The third kappa shape index (κ3) is 3.90.